The molecule has 0 amide bonds. The molecule has 3 aromatic rings. The molecule has 2 aromatic carbocycles. The molecule has 0 radical (unpaired) electrons. The van der Waals surface area contributed by atoms with E-state index in [1.165, 1.54) is 23.5 Å². The predicted molar refractivity (Wildman–Crippen MR) is 116 cm³/mol. The molecule has 1 aliphatic rings. The molecule has 4 nitrogen and oxygen atoms in total. The summed E-state index contributed by atoms with van der Waals surface area (Å²) in [5, 5.41) is 11.8. The lowest BCUT2D eigenvalue weighted by Gasteiger charge is -2.12. The zero-order valence-electron chi connectivity index (χ0n) is 17.2. The van der Waals surface area contributed by atoms with Gasteiger partial charge in [0.25, 0.3) is 0 Å². The van der Waals surface area contributed by atoms with Crippen molar-refractivity contribution in [3.8, 4) is 17.0 Å². The van der Waals surface area contributed by atoms with Gasteiger partial charge in [-0.1, -0.05) is 24.3 Å². The summed E-state index contributed by atoms with van der Waals surface area (Å²) in [6, 6.07) is 10.7. The first kappa shape index (κ1) is 22.3. The molecule has 1 saturated carbocycles. The summed E-state index contributed by atoms with van der Waals surface area (Å²) in [5.41, 5.74) is 2.50. The molecule has 0 bridgehead atoms. The number of ether oxygens (including phenoxy) is 1. The number of rotatable bonds is 9. The number of thiazole rings is 1. The predicted octanol–water partition coefficient (Wildman–Crippen LogP) is 6.35. The highest BCUT2D eigenvalue weighted by molar-refractivity contribution is 7.09. The van der Waals surface area contributed by atoms with Gasteiger partial charge in [0.2, 0.25) is 0 Å². The number of nitrogens with zero attached hydrogens (tertiary/aromatic N) is 1. The van der Waals surface area contributed by atoms with Crippen molar-refractivity contribution in [2.45, 2.75) is 44.2 Å². The third-order valence-electron chi connectivity index (χ3n) is 5.30. The van der Waals surface area contributed by atoms with Crippen LogP contribution in [0.1, 0.15) is 46.9 Å². The van der Waals surface area contributed by atoms with E-state index in [0.717, 1.165) is 53.3 Å². The number of aliphatic carboxylic acids is 1. The van der Waals surface area contributed by atoms with E-state index in [-0.39, 0.29) is 6.42 Å². The van der Waals surface area contributed by atoms with Crippen molar-refractivity contribution >= 4 is 17.3 Å². The third kappa shape index (κ3) is 5.68. The average Bonchev–Trinajstić information content (AvgIpc) is 3.48. The van der Waals surface area contributed by atoms with Crippen LogP contribution in [0.4, 0.5) is 13.2 Å². The fraction of sp³-hybridized carbons (Fsp3) is 0.333. The summed E-state index contributed by atoms with van der Waals surface area (Å²) in [5.74, 6) is 0.382. The highest BCUT2D eigenvalue weighted by atomic mass is 32.1. The second kappa shape index (κ2) is 9.32. The number of carboxylic acid groups (broad SMARTS) is 1. The normalized spacial score (nSPS) is 13.8. The summed E-state index contributed by atoms with van der Waals surface area (Å²) >= 11 is 1.47. The third-order valence-corrected chi connectivity index (χ3v) is 6.21. The van der Waals surface area contributed by atoms with Gasteiger partial charge in [-0.2, -0.15) is 13.2 Å². The Labute approximate surface area is 187 Å². The molecule has 0 atom stereocenters. The Morgan fingerprint density at radius 1 is 1.16 bits per heavy atom. The number of carbonyl (C=O) groups is 1. The lowest BCUT2D eigenvalue weighted by molar-refractivity contribution is -0.138. The number of alkyl halides is 3. The number of carboxylic acids is 1. The molecule has 1 fully saturated rings. The van der Waals surface area contributed by atoms with Crippen LogP contribution in [0.3, 0.4) is 0 Å². The topological polar surface area (TPSA) is 59.4 Å². The standard InChI is InChI=1S/C24H22F3NO3S/c25-24(26,27)18-8-6-17(7-9-18)20-14-32-22(28-20)2-1-11-31-21-12-15(13-23(29)30)3-10-19(21)16-4-5-16/h3,6-10,12,14,16H,1-2,4-5,11,13H2,(H,29,30). The zero-order chi connectivity index (χ0) is 22.7. The molecule has 0 spiro atoms. The molecule has 1 aliphatic carbocycles. The Balaban J connectivity index is 1.33. The molecule has 1 N–H and O–H groups in total. The van der Waals surface area contributed by atoms with Crippen molar-refractivity contribution in [3.63, 3.8) is 0 Å². The summed E-state index contributed by atoms with van der Waals surface area (Å²) in [7, 11) is 0. The van der Waals surface area contributed by atoms with Gasteiger partial charge in [-0.05, 0) is 54.5 Å². The second-order valence-electron chi connectivity index (χ2n) is 7.87. The molecule has 4 rings (SSSR count). The van der Waals surface area contributed by atoms with Crippen LogP contribution in [0.2, 0.25) is 0 Å². The Morgan fingerprint density at radius 2 is 1.91 bits per heavy atom. The Bertz CT molecular complexity index is 1090. The number of hydrogen-bond donors (Lipinski definition) is 1. The van der Waals surface area contributed by atoms with Crippen LogP contribution in [-0.2, 0) is 23.8 Å². The van der Waals surface area contributed by atoms with Gasteiger partial charge in [-0.3, -0.25) is 4.79 Å². The van der Waals surface area contributed by atoms with Crippen molar-refractivity contribution in [1.82, 2.24) is 4.98 Å². The first-order valence-corrected chi connectivity index (χ1v) is 11.3. The van der Waals surface area contributed by atoms with Crippen LogP contribution in [0.15, 0.2) is 47.8 Å². The van der Waals surface area contributed by atoms with E-state index >= 15 is 0 Å². The maximum Gasteiger partial charge on any atom is 0.416 e. The highest BCUT2D eigenvalue weighted by Gasteiger charge is 2.30. The molecular formula is C24H22F3NO3S. The van der Waals surface area contributed by atoms with Gasteiger partial charge in [-0.15, -0.1) is 11.3 Å². The van der Waals surface area contributed by atoms with Gasteiger partial charge in [0.1, 0.15) is 5.75 Å². The minimum atomic E-state index is -4.35. The van der Waals surface area contributed by atoms with E-state index in [0.29, 0.717) is 30.2 Å². The van der Waals surface area contributed by atoms with E-state index in [1.807, 2.05) is 23.6 Å². The van der Waals surface area contributed by atoms with Crippen LogP contribution in [0, 0.1) is 0 Å². The summed E-state index contributed by atoms with van der Waals surface area (Å²) in [4.78, 5) is 15.5. The SMILES string of the molecule is O=C(O)Cc1ccc(C2CC2)c(OCCCc2nc(-c3ccc(C(F)(F)F)cc3)cs2)c1. The largest absolute Gasteiger partial charge is 0.493 e. The first-order chi connectivity index (χ1) is 15.3. The molecule has 0 unspecified atom stereocenters. The fourth-order valence-corrected chi connectivity index (χ4v) is 4.36. The number of hydrogen-bond acceptors (Lipinski definition) is 4. The fourth-order valence-electron chi connectivity index (χ4n) is 3.51. The number of aryl methyl sites for hydroxylation is 1. The van der Waals surface area contributed by atoms with Gasteiger partial charge in [0, 0.05) is 17.4 Å². The van der Waals surface area contributed by atoms with E-state index < -0.39 is 17.7 Å². The minimum absolute atomic E-state index is 0.0346. The maximum atomic E-state index is 12.7. The van der Waals surface area contributed by atoms with Crippen molar-refractivity contribution in [3.05, 3.63) is 69.5 Å². The van der Waals surface area contributed by atoms with Crippen LogP contribution in [0.5, 0.6) is 5.75 Å². The van der Waals surface area contributed by atoms with Gasteiger partial charge in [0.15, 0.2) is 0 Å². The zero-order valence-corrected chi connectivity index (χ0v) is 18.0. The molecule has 0 aliphatic heterocycles. The Kier molecular flexibility index (Phi) is 6.50. The Morgan fingerprint density at radius 3 is 2.56 bits per heavy atom. The van der Waals surface area contributed by atoms with Gasteiger partial charge >= 0.3 is 12.1 Å². The number of benzene rings is 2. The van der Waals surface area contributed by atoms with Gasteiger partial charge in [-0.25, -0.2) is 4.98 Å². The molecule has 168 valence electrons. The van der Waals surface area contributed by atoms with Gasteiger partial charge < -0.3 is 9.84 Å². The molecule has 32 heavy (non-hydrogen) atoms. The van der Waals surface area contributed by atoms with Crippen LogP contribution in [-0.4, -0.2) is 22.7 Å². The smallest absolute Gasteiger partial charge is 0.416 e. The molecule has 0 saturated heterocycles. The minimum Gasteiger partial charge on any atom is -0.493 e. The van der Waals surface area contributed by atoms with Gasteiger partial charge in [0.05, 0.1) is 29.3 Å². The molecule has 1 aromatic heterocycles. The molecule has 1 heterocycles. The van der Waals surface area contributed by atoms with Crippen molar-refractivity contribution in [2.75, 3.05) is 6.61 Å². The quantitative estimate of drug-likeness (QED) is 0.378. The van der Waals surface area contributed by atoms with Crippen molar-refractivity contribution in [1.29, 1.82) is 0 Å². The average molecular weight is 462 g/mol. The van der Waals surface area contributed by atoms with Crippen LogP contribution in [0.25, 0.3) is 11.3 Å². The van der Waals surface area contributed by atoms with Crippen LogP contribution < -0.4 is 4.74 Å². The Hall–Kier alpha value is -2.87. The lowest BCUT2D eigenvalue weighted by atomic mass is 10.0. The van der Waals surface area contributed by atoms with E-state index in [4.69, 9.17) is 9.84 Å². The maximum absolute atomic E-state index is 12.7. The molecular weight excluding hydrogens is 439 g/mol. The lowest BCUT2D eigenvalue weighted by Crippen LogP contribution is -2.04. The second-order valence-corrected chi connectivity index (χ2v) is 8.81. The number of halogens is 3. The summed E-state index contributed by atoms with van der Waals surface area (Å²) < 4.78 is 44.2. The van der Waals surface area contributed by atoms with E-state index in [1.54, 1.807) is 0 Å². The highest BCUT2D eigenvalue weighted by Crippen LogP contribution is 2.44. The van der Waals surface area contributed by atoms with Crippen molar-refractivity contribution < 1.29 is 27.8 Å². The van der Waals surface area contributed by atoms with Crippen molar-refractivity contribution in [2.24, 2.45) is 0 Å². The first-order valence-electron chi connectivity index (χ1n) is 10.4. The molecule has 8 heteroatoms. The monoisotopic (exact) mass is 461 g/mol. The summed E-state index contributed by atoms with van der Waals surface area (Å²) in [6.07, 6.45) is -0.710. The van der Waals surface area contributed by atoms with E-state index in [9.17, 15) is 18.0 Å². The number of aromatic nitrogens is 1. The van der Waals surface area contributed by atoms with E-state index in [2.05, 4.69) is 4.98 Å². The van der Waals surface area contributed by atoms with Crippen LogP contribution >= 0.6 is 11.3 Å². The summed E-state index contributed by atoms with van der Waals surface area (Å²) in [6.45, 7) is 0.478.